The molecule has 2 N–H and O–H groups in total. The minimum Gasteiger partial charge on any atom is -0.481 e. The number of nitrogens with zero attached hydrogens (tertiary/aromatic N) is 1. The Hall–Kier alpha value is -3.65. The van der Waals surface area contributed by atoms with Gasteiger partial charge in [0.25, 0.3) is 0 Å². The smallest absolute Gasteiger partial charge is 0.481 e. The molecule has 21 heteroatoms. The van der Waals surface area contributed by atoms with Crippen LogP contribution in [0.25, 0.3) is 0 Å². The maximum absolute atomic E-state index is 15.5. The first-order chi connectivity index (χ1) is 26.1. The molecule has 58 heavy (non-hydrogen) atoms. The van der Waals surface area contributed by atoms with Gasteiger partial charge in [0.1, 0.15) is 27.9 Å². The number of carboxylic acid groups (broad SMARTS) is 1. The lowest BCUT2D eigenvalue weighted by molar-refractivity contribution is -0.159. The quantitative estimate of drug-likeness (QED) is 0.159. The van der Waals surface area contributed by atoms with E-state index >= 15 is 4.21 Å². The highest BCUT2D eigenvalue weighted by Crippen LogP contribution is 2.40. The summed E-state index contributed by atoms with van der Waals surface area (Å²) in [5.74, 6) is -3.52. The molecule has 2 aliphatic rings. The molecule has 0 radical (unpaired) electrons. The number of amides is 1. The number of carboxylic acids is 1. The van der Waals surface area contributed by atoms with Gasteiger partial charge in [-0.1, -0.05) is 12.1 Å². The highest BCUT2D eigenvalue weighted by Gasteiger charge is 2.54. The Balaban J connectivity index is 1.98. The van der Waals surface area contributed by atoms with E-state index in [2.05, 4.69) is 9.68 Å². The van der Waals surface area contributed by atoms with Crippen molar-refractivity contribution in [3.63, 3.8) is 0 Å². The van der Waals surface area contributed by atoms with Crippen LogP contribution in [0.4, 0.5) is 26.3 Å². The lowest BCUT2D eigenvalue weighted by Gasteiger charge is -2.32. The second-order valence-electron chi connectivity index (χ2n) is 17.2. The summed E-state index contributed by atoms with van der Waals surface area (Å²) in [4.78, 5) is 36.2. The summed E-state index contributed by atoms with van der Waals surface area (Å²) in [6.07, 6.45) is -11.3. The zero-order valence-corrected chi connectivity index (χ0v) is 34.9. The molecule has 4 rings (SSSR count). The van der Waals surface area contributed by atoms with Crippen molar-refractivity contribution in [2.45, 2.75) is 145 Å². The molecule has 1 amide bonds. The average Bonchev–Trinajstić information content (AvgIpc) is 3.42. The lowest BCUT2D eigenvalue weighted by Crippen LogP contribution is -2.45. The van der Waals surface area contributed by atoms with Crippen LogP contribution in [0.2, 0.25) is 0 Å². The van der Waals surface area contributed by atoms with E-state index in [0.29, 0.717) is 24.3 Å². The molecule has 1 atom stereocenters. The Morgan fingerprint density at radius 1 is 0.741 bits per heavy atom. The molecule has 2 aliphatic heterocycles. The minimum absolute atomic E-state index is 0.298. The molecule has 320 valence electrons. The SMILES string of the molecule is CC(C)(C)OC(=O)[C@H](CCC(=O)O)NC(=O)CN=S(=O)(c1cc(B2OC(C)(C)C(C)(C)O2)cc(C(F)(F)F)c1)c1cc(B2OC(C)(C)C(C)(C)O2)cc(C(F)(F)F)c1. The van der Waals surface area contributed by atoms with Gasteiger partial charge in [0.15, 0.2) is 0 Å². The molecule has 2 fully saturated rings. The fourth-order valence-corrected chi connectivity index (χ4v) is 7.72. The largest absolute Gasteiger partial charge is 0.494 e. The maximum atomic E-state index is 15.5. The topological polar surface area (TPSA) is 159 Å². The molecular formula is C37H48B2F6N2O10S. The molecule has 2 aromatic carbocycles. The van der Waals surface area contributed by atoms with Gasteiger partial charge in [0.2, 0.25) is 5.91 Å². The Labute approximate surface area is 334 Å². The van der Waals surface area contributed by atoms with Gasteiger partial charge in [-0.25, -0.2) is 13.4 Å². The number of alkyl halides is 6. The maximum Gasteiger partial charge on any atom is 0.494 e. The molecule has 12 nitrogen and oxygen atoms in total. The van der Waals surface area contributed by atoms with E-state index in [1.165, 1.54) is 20.8 Å². The Kier molecular flexibility index (Phi) is 12.8. The molecule has 2 saturated heterocycles. The van der Waals surface area contributed by atoms with E-state index in [4.69, 9.17) is 23.4 Å². The van der Waals surface area contributed by atoms with Gasteiger partial charge in [0, 0.05) is 6.42 Å². The number of aliphatic carboxylic acids is 1. The van der Waals surface area contributed by atoms with Crippen LogP contribution in [-0.2, 0) is 59.8 Å². The number of halogens is 6. The summed E-state index contributed by atoms with van der Waals surface area (Å²) < 4.78 is 136. The number of hydrogen-bond donors (Lipinski definition) is 2. The third kappa shape index (κ3) is 10.6. The van der Waals surface area contributed by atoms with Gasteiger partial charge in [0.05, 0.1) is 43.3 Å². The molecule has 0 bridgehead atoms. The summed E-state index contributed by atoms with van der Waals surface area (Å²) >= 11 is 0. The number of ether oxygens (including phenoxy) is 1. The normalized spacial score (nSPS) is 19.5. The van der Waals surface area contributed by atoms with Gasteiger partial charge < -0.3 is 33.8 Å². The fourth-order valence-electron chi connectivity index (χ4n) is 5.69. The van der Waals surface area contributed by atoms with Crippen LogP contribution in [0, 0.1) is 0 Å². The number of nitrogens with one attached hydrogen (secondary N) is 1. The van der Waals surface area contributed by atoms with Crippen LogP contribution >= 0.6 is 0 Å². The summed E-state index contributed by atoms with van der Waals surface area (Å²) in [6, 6.07) is 2.69. The fraction of sp³-hybridized carbons (Fsp3) is 0.595. The summed E-state index contributed by atoms with van der Waals surface area (Å²) in [7, 11) is -7.64. The third-order valence-corrected chi connectivity index (χ3v) is 12.5. The van der Waals surface area contributed by atoms with Gasteiger partial charge >= 0.3 is 38.5 Å². The third-order valence-electron chi connectivity index (χ3n) is 10.3. The Bertz CT molecular complexity index is 1920. The molecular weight excluding hydrogens is 800 g/mol. The second kappa shape index (κ2) is 15.7. The Morgan fingerprint density at radius 3 is 1.45 bits per heavy atom. The number of benzene rings is 2. The standard InChI is InChI=1S/C37H48B2F6N2O10S/c1-31(2,3)53-30(51)27(12-13-29(49)50)47-28(48)20-46-58(52,25-16-21(36(40,41)42)14-23(18-25)38-54-32(4,5)33(6,7)55-38)26-17-22(37(43,44)45)15-24(19-26)39-56-34(8,9)35(10,11)57-39/h14-19,27H,12-13,20H2,1-11H3,(H,47,48)(H,49,50)/t27-/m0/s1. The summed E-state index contributed by atoms with van der Waals surface area (Å²) in [5, 5.41) is 11.5. The summed E-state index contributed by atoms with van der Waals surface area (Å²) in [5.41, 5.74) is -8.64. The van der Waals surface area contributed by atoms with Crippen molar-refractivity contribution in [1.29, 1.82) is 0 Å². The van der Waals surface area contributed by atoms with Gasteiger partial charge in [-0.3, -0.25) is 9.59 Å². The van der Waals surface area contributed by atoms with Gasteiger partial charge in [-0.05, 0) is 118 Å². The number of carbonyl (C=O) groups is 3. The lowest BCUT2D eigenvalue weighted by atomic mass is 9.78. The monoisotopic (exact) mass is 848 g/mol. The first kappa shape index (κ1) is 47.0. The van der Waals surface area contributed by atoms with Gasteiger partial charge in [-0.15, -0.1) is 0 Å². The zero-order valence-electron chi connectivity index (χ0n) is 34.1. The second-order valence-corrected chi connectivity index (χ2v) is 19.4. The van der Waals surface area contributed by atoms with Crippen molar-refractivity contribution in [3.05, 3.63) is 47.5 Å². The van der Waals surface area contributed by atoms with Crippen LogP contribution in [0.1, 0.15) is 100 Å². The van der Waals surface area contributed by atoms with E-state index in [1.807, 2.05) is 0 Å². The molecule has 2 heterocycles. The van der Waals surface area contributed by atoms with Crippen molar-refractivity contribution in [3.8, 4) is 0 Å². The van der Waals surface area contributed by atoms with Crippen molar-refractivity contribution < 1.29 is 73.4 Å². The van der Waals surface area contributed by atoms with E-state index in [1.54, 1.807) is 55.4 Å². The van der Waals surface area contributed by atoms with E-state index < -0.39 is 129 Å². The predicted molar refractivity (Wildman–Crippen MR) is 201 cm³/mol. The molecule has 2 aromatic rings. The van der Waals surface area contributed by atoms with Crippen LogP contribution in [0.15, 0.2) is 50.6 Å². The van der Waals surface area contributed by atoms with E-state index in [-0.39, 0.29) is 10.9 Å². The molecule has 0 spiro atoms. The number of esters is 1. The molecule has 0 saturated carbocycles. The van der Waals surface area contributed by atoms with Crippen molar-refractivity contribution in [2.24, 2.45) is 4.36 Å². The minimum atomic E-state index is -5.10. The first-order valence-corrected chi connectivity index (χ1v) is 19.7. The van der Waals surface area contributed by atoms with Crippen LogP contribution in [0.3, 0.4) is 0 Å². The zero-order chi connectivity index (χ0) is 44.2. The highest BCUT2D eigenvalue weighted by molar-refractivity contribution is 7.93. The van der Waals surface area contributed by atoms with Crippen molar-refractivity contribution in [1.82, 2.24) is 5.32 Å². The number of hydrogen-bond acceptors (Lipinski definition) is 10. The molecule has 0 aliphatic carbocycles. The van der Waals surface area contributed by atoms with E-state index in [0.717, 1.165) is 12.1 Å². The Morgan fingerprint density at radius 2 is 1.12 bits per heavy atom. The van der Waals surface area contributed by atoms with Crippen LogP contribution in [-0.4, -0.2) is 82.0 Å². The van der Waals surface area contributed by atoms with Crippen molar-refractivity contribution >= 4 is 52.7 Å². The van der Waals surface area contributed by atoms with Gasteiger partial charge in [-0.2, -0.15) is 26.3 Å². The van der Waals surface area contributed by atoms with Crippen LogP contribution < -0.4 is 16.2 Å². The summed E-state index contributed by atoms with van der Waals surface area (Å²) in [6.45, 7) is 16.5. The van der Waals surface area contributed by atoms with Crippen molar-refractivity contribution in [2.75, 3.05) is 6.54 Å². The molecule has 0 unspecified atom stereocenters. The average molecular weight is 848 g/mol. The van der Waals surface area contributed by atoms with E-state index in [9.17, 15) is 45.8 Å². The number of rotatable bonds is 11. The first-order valence-electron chi connectivity index (χ1n) is 18.2. The van der Waals surface area contributed by atoms with Crippen LogP contribution in [0.5, 0.6) is 0 Å². The highest BCUT2D eigenvalue weighted by atomic mass is 32.2. The predicted octanol–water partition coefficient (Wildman–Crippen LogP) is 5.90. The number of carbonyl (C=O) groups excluding carboxylic acids is 2. The molecule has 0 aromatic heterocycles.